The maximum Gasteiger partial charge on any atom is 0.408 e. The molecular formula is C23H35NO4. The van der Waals surface area contributed by atoms with Crippen molar-refractivity contribution in [3.8, 4) is 0 Å². The second-order valence-corrected chi connectivity index (χ2v) is 8.75. The lowest BCUT2D eigenvalue weighted by Gasteiger charge is -2.40. The van der Waals surface area contributed by atoms with Gasteiger partial charge in [0.15, 0.2) is 5.79 Å². The van der Waals surface area contributed by atoms with Crippen molar-refractivity contribution in [3.05, 3.63) is 41.5 Å². The van der Waals surface area contributed by atoms with Crippen molar-refractivity contribution < 1.29 is 19.0 Å². The van der Waals surface area contributed by atoms with E-state index in [1.807, 2.05) is 46.8 Å². The van der Waals surface area contributed by atoms with Gasteiger partial charge in [0.1, 0.15) is 11.7 Å². The zero-order chi connectivity index (χ0) is 20.8. The van der Waals surface area contributed by atoms with E-state index in [9.17, 15) is 4.79 Å². The predicted molar refractivity (Wildman–Crippen MR) is 112 cm³/mol. The molecule has 0 aromatic heterocycles. The van der Waals surface area contributed by atoms with Gasteiger partial charge < -0.3 is 19.5 Å². The summed E-state index contributed by atoms with van der Waals surface area (Å²) >= 11 is 0. The van der Waals surface area contributed by atoms with Crippen LogP contribution in [0.4, 0.5) is 4.79 Å². The number of ether oxygens (including phenoxy) is 3. The standard InChI is InChI=1S/C23H35NO4/c1-7-8-9-17-10-12-18(13-11-17)14-15-20-19(16-26-23(5,6)27-20)24-21(25)28-22(2,3)4/h10-15,19-20H,7-9,16H2,1-6H3,(H,24,25)/b15-14+/t19-,20+/m0/s1. The van der Waals surface area contributed by atoms with Gasteiger partial charge in [-0.2, -0.15) is 0 Å². The summed E-state index contributed by atoms with van der Waals surface area (Å²) in [5.74, 6) is -0.703. The fraction of sp³-hybridized carbons (Fsp3) is 0.609. The molecule has 5 heteroatoms. The highest BCUT2D eigenvalue weighted by Crippen LogP contribution is 2.24. The summed E-state index contributed by atoms with van der Waals surface area (Å²) in [6, 6.07) is 8.24. The van der Waals surface area contributed by atoms with Crippen molar-refractivity contribution in [2.75, 3.05) is 6.61 Å². The SMILES string of the molecule is CCCCc1ccc(/C=C/[C@H]2OC(C)(C)OC[C@@H]2NC(=O)OC(C)(C)C)cc1. The summed E-state index contributed by atoms with van der Waals surface area (Å²) in [6.07, 6.45) is 6.74. The molecule has 1 aromatic rings. The minimum Gasteiger partial charge on any atom is -0.444 e. The minimum absolute atomic E-state index is 0.309. The Morgan fingerprint density at radius 1 is 1.29 bits per heavy atom. The number of hydrogen-bond donors (Lipinski definition) is 1. The highest BCUT2D eigenvalue weighted by Gasteiger charge is 2.36. The van der Waals surface area contributed by atoms with E-state index in [0.717, 1.165) is 12.0 Å². The van der Waals surface area contributed by atoms with Gasteiger partial charge in [0.25, 0.3) is 0 Å². The largest absolute Gasteiger partial charge is 0.444 e. The van der Waals surface area contributed by atoms with Gasteiger partial charge >= 0.3 is 6.09 Å². The molecule has 1 saturated heterocycles. The van der Waals surface area contributed by atoms with Gasteiger partial charge in [-0.1, -0.05) is 49.8 Å². The minimum atomic E-state index is -0.703. The molecule has 2 atom stereocenters. The van der Waals surface area contributed by atoms with Crippen LogP contribution in [0.25, 0.3) is 6.08 Å². The molecule has 156 valence electrons. The lowest BCUT2D eigenvalue weighted by Crippen LogP contribution is -2.55. The van der Waals surface area contributed by atoms with Crippen molar-refractivity contribution in [2.45, 2.75) is 84.3 Å². The molecule has 5 nitrogen and oxygen atoms in total. The summed E-state index contributed by atoms with van der Waals surface area (Å²) in [5, 5.41) is 2.87. The number of alkyl carbamates (subject to hydrolysis) is 1. The third-order valence-corrected chi connectivity index (χ3v) is 4.41. The molecule has 0 bridgehead atoms. The first kappa shape index (κ1) is 22.4. The summed E-state index contributed by atoms with van der Waals surface area (Å²) < 4.78 is 17.1. The Hall–Kier alpha value is -1.85. The topological polar surface area (TPSA) is 56.8 Å². The van der Waals surface area contributed by atoms with Gasteiger partial charge in [0.2, 0.25) is 0 Å². The number of aryl methyl sites for hydroxylation is 1. The lowest BCUT2D eigenvalue weighted by molar-refractivity contribution is -0.271. The molecule has 0 saturated carbocycles. The van der Waals surface area contributed by atoms with E-state index in [2.05, 4.69) is 36.5 Å². The van der Waals surface area contributed by atoms with Crippen molar-refractivity contribution >= 4 is 12.2 Å². The van der Waals surface area contributed by atoms with Crippen LogP contribution in [0.5, 0.6) is 0 Å². The summed E-state index contributed by atoms with van der Waals surface area (Å²) in [6.45, 7) is 11.8. The monoisotopic (exact) mass is 389 g/mol. The Balaban J connectivity index is 2.04. The Labute approximate surface area is 169 Å². The molecule has 28 heavy (non-hydrogen) atoms. The number of amides is 1. The van der Waals surface area contributed by atoms with Crippen molar-refractivity contribution in [1.29, 1.82) is 0 Å². The molecule has 1 amide bonds. The Morgan fingerprint density at radius 2 is 1.96 bits per heavy atom. The lowest BCUT2D eigenvalue weighted by atomic mass is 10.0. The van der Waals surface area contributed by atoms with Crippen molar-refractivity contribution in [2.24, 2.45) is 0 Å². The van der Waals surface area contributed by atoms with Gasteiger partial charge in [-0.25, -0.2) is 4.79 Å². The maximum absolute atomic E-state index is 12.2. The fourth-order valence-electron chi connectivity index (χ4n) is 2.97. The van der Waals surface area contributed by atoms with Gasteiger partial charge in [-0.3, -0.25) is 0 Å². The molecular weight excluding hydrogens is 354 g/mol. The van der Waals surface area contributed by atoms with Crippen LogP contribution in [0.3, 0.4) is 0 Å². The maximum atomic E-state index is 12.2. The smallest absolute Gasteiger partial charge is 0.408 e. The number of carbonyl (C=O) groups is 1. The average molecular weight is 390 g/mol. The van der Waals surface area contributed by atoms with Gasteiger partial charge in [-0.05, 0) is 58.6 Å². The third kappa shape index (κ3) is 7.64. The van der Waals surface area contributed by atoms with E-state index in [-0.39, 0.29) is 12.1 Å². The van der Waals surface area contributed by atoms with Crippen LogP contribution < -0.4 is 5.32 Å². The summed E-state index contributed by atoms with van der Waals surface area (Å²) in [7, 11) is 0. The molecule has 0 radical (unpaired) electrons. The predicted octanol–water partition coefficient (Wildman–Crippen LogP) is 5.09. The highest BCUT2D eigenvalue weighted by atomic mass is 16.7. The molecule has 1 aliphatic rings. The van der Waals surface area contributed by atoms with E-state index in [0.29, 0.717) is 6.61 Å². The second-order valence-electron chi connectivity index (χ2n) is 8.75. The quantitative estimate of drug-likeness (QED) is 0.736. The molecule has 1 heterocycles. The zero-order valence-corrected chi connectivity index (χ0v) is 18.1. The third-order valence-electron chi connectivity index (χ3n) is 4.41. The first-order valence-electron chi connectivity index (χ1n) is 10.2. The van der Waals surface area contributed by atoms with E-state index in [4.69, 9.17) is 14.2 Å². The normalized spacial score (nSPS) is 22.2. The van der Waals surface area contributed by atoms with Gasteiger partial charge in [-0.15, -0.1) is 0 Å². The second kappa shape index (κ2) is 9.57. The van der Waals surface area contributed by atoms with Gasteiger partial charge in [0.05, 0.1) is 12.6 Å². The van der Waals surface area contributed by atoms with Crippen LogP contribution >= 0.6 is 0 Å². The van der Waals surface area contributed by atoms with E-state index in [1.54, 1.807) is 0 Å². The van der Waals surface area contributed by atoms with Crippen LogP contribution in [-0.4, -0.2) is 36.2 Å². The summed E-state index contributed by atoms with van der Waals surface area (Å²) in [4.78, 5) is 12.2. The average Bonchev–Trinajstić information content (AvgIpc) is 2.59. The van der Waals surface area contributed by atoms with E-state index >= 15 is 0 Å². The van der Waals surface area contributed by atoms with Crippen LogP contribution in [0, 0.1) is 0 Å². The first-order valence-corrected chi connectivity index (χ1v) is 10.2. The Kier molecular flexibility index (Phi) is 7.67. The number of nitrogens with one attached hydrogen (secondary N) is 1. The Bertz CT molecular complexity index is 658. The highest BCUT2D eigenvalue weighted by molar-refractivity contribution is 5.68. The number of carbonyl (C=O) groups excluding carboxylic acids is 1. The number of rotatable bonds is 6. The Morgan fingerprint density at radius 3 is 2.57 bits per heavy atom. The number of unbranched alkanes of at least 4 members (excludes halogenated alkanes) is 1. The first-order chi connectivity index (χ1) is 13.1. The molecule has 0 aliphatic carbocycles. The molecule has 1 aromatic carbocycles. The molecule has 0 unspecified atom stereocenters. The number of hydrogen-bond acceptors (Lipinski definition) is 4. The van der Waals surface area contributed by atoms with E-state index in [1.165, 1.54) is 18.4 Å². The fourth-order valence-corrected chi connectivity index (χ4v) is 2.97. The van der Waals surface area contributed by atoms with Crippen LogP contribution in [0.2, 0.25) is 0 Å². The molecule has 0 spiro atoms. The van der Waals surface area contributed by atoms with Crippen LogP contribution in [-0.2, 0) is 20.6 Å². The van der Waals surface area contributed by atoms with Gasteiger partial charge in [0, 0.05) is 0 Å². The number of benzene rings is 1. The van der Waals surface area contributed by atoms with Crippen LogP contribution in [0.1, 0.15) is 65.5 Å². The van der Waals surface area contributed by atoms with Crippen molar-refractivity contribution in [3.63, 3.8) is 0 Å². The molecule has 1 aliphatic heterocycles. The van der Waals surface area contributed by atoms with Crippen LogP contribution in [0.15, 0.2) is 30.3 Å². The molecule has 2 rings (SSSR count). The van der Waals surface area contributed by atoms with Crippen molar-refractivity contribution in [1.82, 2.24) is 5.32 Å². The van der Waals surface area contributed by atoms with E-state index < -0.39 is 17.5 Å². The molecule has 1 fully saturated rings. The zero-order valence-electron chi connectivity index (χ0n) is 18.1. The summed E-state index contributed by atoms with van der Waals surface area (Å²) in [5.41, 5.74) is 1.90. The molecule has 1 N–H and O–H groups in total.